The molecule has 32 heavy (non-hydrogen) atoms. The minimum atomic E-state index is -4.21. The van der Waals surface area contributed by atoms with Gasteiger partial charge in [0.05, 0.1) is 11.8 Å². The number of amides is 1. The minimum absolute atomic E-state index is 0.0540. The summed E-state index contributed by atoms with van der Waals surface area (Å²) < 4.78 is 39.2. The largest absolute Gasteiger partial charge is 0.392 e. The Morgan fingerprint density at radius 2 is 1.91 bits per heavy atom. The van der Waals surface area contributed by atoms with Gasteiger partial charge in [0.15, 0.2) is 0 Å². The van der Waals surface area contributed by atoms with Crippen molar-refractivity contribution >= 4 is 5.91 Å². The predicted octanol–water partition coefficient (Wildman–Crippen LogP) is 5.21. The van der Waals surface area contributed by atoms with Crippen LogP contribution in [0.4, 0.5) is 13.2 Å². The number of piperidine rings is 1. The fourth-order valence-corrected chi connectivity index (χ4v) is 7.54. The molecule has 6 rings (SSSR count). The summed E-state index contributed by atoms with van der Waals surface area (Å²) in [7, 11) is 0. The lowest BCUT2D eigenvalue weighted by Crippen LogP contribution is -2.57. The number of carbonyl (C=O) groups is 1. The highest BCUT2D eigenvalue weighted by Gasteiger charge is 2.69. The van der Waals surface area contributed by atoms with Gasteiger partial charge in [0.2, 0.25) is 5.91 Å². The lowest BCUT2D eigenvalue weighted by molar-refractivity contribution is -0.147. The van der Waals surface area contributed by atoms with E-state index in [2.05, 4.69) is 26.0 Å². The summed E-state index contributed by atoms with van der Waals surface area (Å²) in [5.41, 5.74) is 7.60. The molecule has 0 aromatic heterocycles. The van der Waals surface area contributed by atoms with Gasteiger partial charge in [0.1, 0.15) is 0 Å². The minimum Gasteiger partial charge on any atom is -0.342 e. The van der Waals surface area contributed by atoms with Crippen LogP contribution in [0.25, 0.3) is 0 Å². The zero-order valence-electron chi connectivity index (χ0n) is 18.9. The number of carbonyl (C=O) groups excluding carboxylic acids is 1. The third kappa shape index (κ3) is 3.32. The van der Waals surface area contributed by atoms with Crippen molar-refractivity contribution in [2.45, 2.75) is 70.0 Å². The van der Waals surface area contributed by atoms with Crippen LogP contribution in [0.2, 0.25) is 0 Å². The second kappa shape index (κ2) is 7.09. The number of hydrogen-bond donors (Lipinski definition) is 1. The van der Waals surface area contributed by atoms with E-state index in [-0.39, 0.29) is 34.6 Å². The molecule has 0 radical (unpaired) electrons. The van der Waals surface area contributed by atoms with Gasteiger partial charge in [-0.15, -0.1) is 0 Å². The highest BCUT2D eigenvalue weighted by Crippen LogP contribution is 2.73. The number of benzene rings is 1. The Kier molecular flexibility index (Phi) is 4.87. The first-order valence-electron chi connectivity index (χ1n) is 11.8. The zero-order valence-corrected chi connectivity index (χ0v) is 18.9. The highest BCUT2D eigenvalue weighted by atomic mass is 19.4. The molecule has 4 unspecified atom stereocenters. The van der Waals surface area contributed by atoms with Crippen LogP contribution in [0.1, 0.15) is 57.9 Å². The molecule has 1 saturated heterocycles. The molecule has 3 nitrogen and oxygen atoms in total. The number of halogens is 3. The molecule has 5 atom stereocenters. The fourth-order valence-electron chi connectivity index (χ4n) is 7.54. The van der Waals surface area contributed by atoms with Gasteiger partial charge >= 0.3 is 6.18 Å². The van der Waals surface area contributed by atoms with E-state index in [0.717, 1.165) is 31.3 Å². The second-order valence-corrected chi connectivity index (χ2v) is 11.5. The summed E-state index contributed by atoms with van der Waals surface area (Å²) in [4.78, 5) is 16.1. The van der Waals surface area contributed by atoms with Crippen LogP contribution in [0.5, 0.6) is 0 Å². The molecule has 1 aromatic carbocycles. The topological polar surface area (TPSA) is 46.3 Å². The van der Waals surface area contributed by atoms with Crippen molar-refractivity contribution in [1.82, 2.24) is 4.90 Å². The van der Waals surface area contributed by atoms with E-state index in [1.54, 1.807) is 0 Å². The molecule has 0 spiro atoms. The van der Waals surface area contributed by atoms with Gasteiger partial charge in [-0.3, -0.25) is 4.79 Å². The zero-order chi connectivity index (χ0) is 22.9. The van der Waals surface area contributed by atoms with Gasteiger partial charge in [-0.25, -0.2) is 0 Å². The Bertz CT molecular complexity index is 940. The van der Waals surface area contributed by atoms with Crippen LogP contribution in [-0.2, 0) is 10.2 Å². The average molecular weight is 447 g/mol. The van der Waals surface area contributed by atoms with Crippen LogP contribution in [-0.4, -0.2) is 36.1 Å². The second-order valence-electron chi connectivity index (χ2n) is 11.5. The quantitative estimate of drug-likeness (QED) is 0.648. The van der Waals surface area contributed by atoms with Crippen LogP contribution in [0.15, 0.2) is 42.0 Å². The summed E-state index contributed by atoms with van der Waals surface area (Å²) in [6.07, 6.45) is 0.137. The van der Waals surface area contributed by atoms with E-state index in [9.17, 15) is 18.0 Å². The molecule has 1 amide bonds. The molecule has 1 heterocycles. The van der Waals surface area contributed by atoms with Crippen molar-refractivity contribution in [3.8, 4) is 0 Å². The fraction of sp³-hybridized carbons (Fsp3) is 0.654. The van der Waals surface area contributed by atoms with Gasteiger partial charge in [0.25, 0.3) is 0 Å². The van der Waals surface area contributed by atoms with E-state index in [1.807, 2.05) is 23.1 Å². The first kappa shape index (κ1) is 22.0. The van der Waals surface area contributed by atoms with Gasteiger partial charge in [-0.2, -0.15) is 13.2 Å². The summed E-state index contributed by atoms with van der Waals surface area (Å²) in [6.45, 7) is 5.47. The number of alkyl halides is 3. The van der Waals surface area contributed by atoms with E-state index < -0.39 is 18.0 Å². The predicted molar refractivity (Wildman–Crippen MR) is 118 cm³/mol. The lowest BCUT2D eigenvalue weighted by atomic mass is 9.62. The molecule has 5 fully saturated rings. The van der Waals surface area contributed by atoms with E-state index in [1.165, 1.54) is 11.6 Å². The Morgan fingerprint density at radius 1 is 1.19 bits per heavy atom. The first-order chi connectivity index (χ1) is 15.0. The molecule has 5 aliphatic rings. The van der Waals surface area contributed by atoms with Crippen molar-refractivity contribution in [3.05, 3.63) is 47.5 Å². The maximum Gasteiger partial charge on any atom is 0.392 e. The molecule has 4 saturated carbocycles. The summed E-state index contributed by atoms with van der Waals surface area (Å²) in [5, 5.41) is 0. The van der Waals surface area contributed by atoms with Gasteiger partial charge in [-0.1, -0.05) is 55.8 Å². The monoisotopic (exact) mass is 446 g/mol. The van der Waals surface area contributed by atoms with Gasteiger partial charge in [-0.05, 0) is 60.3 Å². The van der Waals surface area contributed by atoms with Crippen LogP contribution < -0.4 is 5.73 Å². The van der Waals surface area contributed by atoms with Crippen LogP contribution >= 0.6 is 0 Å². The maximum absolute atomic E-state index is 14.1. The number of allylic oxidation sites excluding steroid dienone is 2. The molecule has 1 aromatic rings. The standard InChI is InChI=1S/C26H33F3N2O/c1-23(2)16-31(11-9-21(23)30)22(32)25-13-17-12-24(15-25,18-6-4-3-5-7-18)14-20(25)19(17)8-10-26(27,28)29/h3-8,17,20-21H,9-16,30H2,1-2H3/b19-8-/t17?,20?,21-,24?,25?/m0/s1. The number of nitrogens with two attached hydrogens (primary N) is 1. The molecule has 1 aliphatic heterocycles. The number of rotatable bonds is 3. The summed E-state index contributed by atoms with van der Waals surface area (Å²) >= 11 is 0. The number of likely N-dealkylation sites (tertiary alicyclic amines) is 1. The summed E-state index contributed by atoms with van der Waals surface area (Å²) in [6, 6.07) is 10.4. The molecule has 6 heteroatoms. The van der Waals surface area contributed by atoms with Crippen molar-refractivity contribution in [1.29, 1.82) is 0 Å². The first-order valence-corrected chi connectivity index (χ1v) is 11.8. The maximum atomic E-state index is 14.1. The molecular formula is C26H33F3N2O. The van der Waals surface area contributed by atoms with Gasteiger partial charge in [0, 0.05) is 19.1 Å². The number of nitrogens with zero attached hydrogens (tertiary/aromatic N) is 1. The van der Waals surface area contributed by atoms with E-state index >= 15 is 0 Å². The van der Waals surface area contributed by atoms with Crippen molar-refractivity contribution in [2.24, 2.45) is 28.4 Å². The molecule has 4 bridgehead atoms. The molecule has 174 valence electrons. The average Bonchev–Trinajstić information content (AvgIpc) is 3.10. The Morgan fingerprint density at radius 3 is 2.56 bits per heavy atom. The molecule has 2 N–H and O–H groups in total. The Hall–Kier alpha value is -1.82. The van der Waals surface area contributed by atoms with Crippen LogP contribution in [0, 0.1) is 22.7 Å². The SMILES string of the molecule is CC1(C)CN(C(=O)C23CC4CC(c5ccccc5)(CC2/C4=C\CC(F)(F)F)C3)CC[C@@H]1N. The smallest absolute Gasteiger partial charge is 0.342 e. The van der Waals surface area contributed by atoms with Crippen molar-refractivity contribution in [2.75, 3.05) is 13.1 Å². The van der Waals surface area contributed by atoms with Gasteiger partial charge < -0.3 is 10.6 Å². The van der Waals surface area contributed by atoms with E-state index in [0.29, 0.717) is 19.5 Å². The third-order valence-corrected chi connectivity index (χ3v) is 9.02. The summed E-state index contributed by atoms with van der Waals surface area (Å²) in [5.74, 6) is 0.129. The third-order valence-electron chi connectivity index (χ3n) is 9.02. The normalized spacial score (nSPS) is 39.1. The Labute approximate surface area is 188 Å². The Balaban J connectivity index is 1.52. The van der Waals surface area contributed by atoms with Crippen molar-refractivity contribution < 1.29 is 18.0 Å². The lowest BCUT2D eigenvalue weighted by Gasteiger charge is -2.47. The van der Waals surface area contributed by atoms with Crippen molar-refractivity contribution in [3.63, 3.8) is 0 Å². The number of hydrogen-bond acceptors (Lipinski definition) is 2. The highest BCUT2D eigenvalue weighted by molar-refractivity contribution is 5.86. The molecule has 4 aliphatic carbocycles. The van der Waals surface area contributed by atoms with Crippen LogP contribution in [0.3, 0.4) is 0 Å². The molecular weight excluding hydrogens is 413 g/mol. The van der Waals surface area contributed by atoms with E-state index in [4.69, 9.17) is 5.73 Å².